The van der Waals surface area contributed by atoms with Gasteiger partial charge in [-0.05, 0) is 55.7 Å². The molecule has 2 aromatic carbocycles. The summed E-state index contributed by atoms with van der Waals surface area (Å²) in [5.74, 6) is -0.0406. The summed E-state index contributed by atoms with van der Waals surface area (Å²) in [4.78, 5) is 4.43. The number of aliphatic imine (C=N–C) groups is 1. The lowest BCUT2D eigenvalue weighted by molar-refractivity contribution is 0.604. The molecule has 2 aromatic rings. The van der Waals surface area contributed by atoms with E-state index in [1.165, 1.54) is 24.3 Å². The zero-order chi connectivity index (χ0) is 19.3. The van der Waals surface area contributed by atoms with Crippen LogP contribution in [0.15, 0.2) is 47.5 Å². The van der Waals surface area contributed by atoms with Crippen LogP contribution in [-0.2, 0) is 12.0 Å². The molecule has 0 aromatic heterocycles. The van der Waals surface area contributed by atoms with Crippen molar-refractivity contribution in [3.63, 3.8) is 0 Å². The van der Waals surface area contributed by atoms with E-state index < -0.39 is 0 Å². The number of guanidine groups is 1. The van der Waals surface area contributed by atoms with E-state index in [4.69, 9.17) is 5.26 Å². The molecule has 0 spiro atoms. The highest BCUT2D eigenvalue weighted by Gasteiger charge is 2.44. The molecule has 4 nitrogen and oxygen atoms in total. The van der Waals surface area contributed by atoms with E-state index in [1.807, 2.05) is 19.1 Å². The molecule has 0 unspecified atom stereocenters. The van der Waals surface area contributed by atoms with Crippen molar-refractivity contribution in [2.45, 2.75) is 31.7 Å². The highest BCUT2D eigenvalue weighted by atomic mass is 127. The van der Waals surface area contributed by atoms with Gasteiger partial charge in [0, 0.05) is 24.1 Å². The van der Waals surface area contributed by atoms with Crippen molar-refractivity contribution in [1.82, 2.24) is 10.6 Å². The molecule has 0 atom stereocenters. The number of nitrogens with one attached hydrogen (secondary N) is 2. The molecular weight excluding hydrogens is 473 g/mol. The quantitative estimate of drug-likeness (QED) is 0.358. The van der Waals surface area contributed by atoms with Gasteiger partial charge in [0.15, 0.2) is 5.96 Å². The van der Waals surface area contributed by atoms with Crippen LogP contribution in [0.1, 0.15) is 36.5 Å². The maximum Gasteiger partial charge on any atom is 0.191 e. The second kappa shape index (κ2) is 9.82. The van der Waals surface area contributed by atoms with Gasteiger partial charge in [-0.25, -0.2) is 13.8 Å². The molecule has 148 valence electrons. The third kappa shape index (κ3) is 5.41. The maximum absolute atomic E-state index is 13.9. The smallest absolute Gasteiger partial charge is 0.191 e. The van der Waals surface area contributed by atoms with Crippen molar-refractivity contribution in [3.05, 3.63) is 70.8 Å². The standard InChI is InChI=1S/C21H22F2N4.HI/c1-2-25-20(26-13-16-10-15(12-24)6-7-19(16)23)27-14-21(8-9-21)17-4-3-5-18(22)11-17;/h3-7,10-11H,2,8-9,13-14H2,1H3,(H2,25,26,27);1H. The average molecular weight is 496 g/mol. The SMILES string of the molecule is CCNC(=NCc1cc(C#N)ccc1F)NCC1(c2cccc(F)c2)CC1.I. The van der Waals surface area contributed by atoms with E-state index in [0.717, 1.165) is 18.4 Å². The number of nitriles is 1. The maximum atomic E-state index is 13.9. The third-order valence-corrected chi connectivity index (χ3v) is 4.81. The fraction of sp³-hybridized carbons (Fsp3) is 0.333. The number of halogens is 3. The zero-order valence-electron chi connectivity index (χ0n) is 15.6. The number of hydrogen-bond acceptors (Lipinski definition) is 2. The topological polar surface area (TPSA) is 60.2 Å². The van der Waals surface area contributed by atoms with Crippen LogP contribution in [0.5, 0.6) is 0 Å². The molecule has 1 aliphatic rings. The number of nitrogens with zero attached hydrogens (tertiary/aromatic N) is 2. The van der Waals surface area contributed by atoms with E-state index in [2.05, 4.69) is 15.6 Å². The van der Waals surface area contributed by atoms with Crippen LogP contribution in [0.4, 0.5) is 8.78 Å². The van der Waals surface area contributed by atoms with Crippen LogP contribution in [0.2, 0.25) is 0 Å². The Balaban J connectivity index is 0.00000280. The molecule has 0 heterocycles. The summed E-state index contributed by atoms with van der Waals surface area (Å²) < 4.78 is 27.5. The fourth-order valence-electron chi connectivity index (χ4n) is 3.06. The highest BCUT2D eigenvalue weighted by Crippen LogP contribution is 2.47. The fourth-order valence-corrected chi connectivity index (χ4v) is 3.06. The van der Waals surface area contributed by atoms with Gasteiger partial charge in [0.2, 0.25) is 0 Å². The second-order valence-corrected chi connectivity index (χ2v) is 6.76. The molecule has 0 bridgehead atoms. The molecule has 28 heavy (non-hydrogen) atoms. The van der Waals surface area contributed by atoms with Gasteiger partial charge in [-0.1, -0.05) is 12.1 Å². The van der Waals surface area contributed by atoms with Crippen LogP contribution in [0.25, 0.3) is 0 Å². The Morgan fingerprint density at radius 2 is 1.96 bits per heavy atom. The Labute approximate surface area is 181 Å². The first-order chi connectivity index (χ1) is 13.1. The normalized spacial score (nSPS) is 14.6. The first-order valence-electron chi connectivity index (χ1n) is 9.03. The summed E-state index contributed by atoms with van der Waals surface area (Å²) in [6.07, 6.45) is 1.98. The Bertz CT molecular complexity index is 888. The van der Waals surface area contributed by atoms with E-state index in [0.29, 0.717) is 30.2 Å². The molecular formula is C21H23F2IN4. The number of hydrogen-bond donors (Lipinski definition) is 2. The molecule has 0 radical (unpaired) electrons. The zero-order valence-corrected chi connectivity index (χ0v) is 18.0. The van der Waals surface area contributed by atoms with Crippen molar-refractivity contribution in [3.8, 4) is 6.07 Å². The predicted octanol–water partition coefficient (Wildman–Crippen LogP) is 4.24. The highest BCUT2D eigenvalue weighted by molar-refractivity contribution is 14.0. The minimum atomic E-state index is -0.382. The molecule has 0 amide bonds. The molecule has 1 saturated carbocycles. The minimum absolute atomic E-state index is 0. The number of rotatable bonds is 6. The Morgan fingerprint density at radius 3 is 2.61 bits per heavy atom. The molecule has 3 rings (SSSR count). The Kier molecular flexibility index (Phi) is 7.75. The van der Waals surface area contributed by atoms with Gasteiger partial charge in [0.05, 0.1) is 18.2 Å². The van der Waals surface area contributed by atoms with E-state index in [1.54, 1.807) is 12.1 Å². The summed E-state index contributed by atoms with van der Waals surface area (Å²) in [7, 11) is 0. The lowest BCUT2D eigenvalue weighted by Gasteiger charge is -2.19. The van der Waals surface area contributed by atoms with Gasteiger partial charge < -0.3 is 10.6 Å². The summed E-state index contributed by atoms with van der Waals surface area (Å²) in [6, 6.07) is 13.0. The van der Waals surface area contributed by atoms with Gasteiger partial charge in [0.1, 0.15) is 11.6 Å². The first-order valence-corrected chi connectivity index (χ1v) is 9.03. The van der Waals surface area contributed by atoms with E-state index in [9.17, 15) is 8.78 Å². The van der Waals surface area contributed by atoms with Gasteiger partial charge in [-0.3, -0.25) is 0 Å². The molecule has 1 aliphatic carbocycles. The van der Waals surface area contributed by atoms with Crippen LogP contribution in [-0.4, -0.2) is 19.0 Å². The van der Waals surface area contributed by atoms with Crippen molar-refractivity contribution in [1.29, 1.82) is 5.26 Å². The molecule has 7 heteroatoms. The summed E-state index contributed by atoms with van der Waals surface area (Å²) in [5.41, 5.74) is 1.68. The summed E-state index contributed by atoms with van der Waals surface area (Å²) in [5, 5.41) is 15.4. The van der Waals surface area contributed by atoms with Gasteiger partial charge >= 0.3 is 0 Å². The molecule has 1 fully saturated rings. The van der Waals surface area contributed by atoms with Crippen LogP contribution < -0.4 is 10.6 Å². The predicted molar refractivity (Wildman–Crippen MR) is 117 cm³/mol. The van der Waals surface area contributed by atoms with E-state index in [-0.39, 0.29) is 47.6 Å². The van der Waals surface area contributed by atoms with Crippen LogP contribution in [0.3, 0.4) is 0 Å². The molecule has 0 aliphatic heterocycles. The monoisotopic (exact) mass is 496 g/mol. The molecule has 2 N–H and O–H groups in total. The Hall–Kier alpha value is -2.21. The van der Waals surface area contributed by atoms with E-state index >= 15 is 0 Å². The van der Waals surface area contributed by atoms with Crippen molar-refractivity contribution < 1.29 is 8.78 Å². The summed E-state index contributed by atoms with van der Waals surface area (Å²) >= 11 is 0. The van der Waals surface area contributed by atoms with Crippen LogP contribution >= 0.6 is 24.0 Å². The molecule has 0 saturated heterocycles. The van der Waals surface area contributed by atoms with Gasteiger partial charge in [-0.15, -0.1) is 24.0 Å². The lowest BCUT2D eigenvalue weighted by Crippen LogP contribution is -2.41. The first kappa shape index (κ1) is 22.1. The average Bonchev–Trinajstić information content (AvgIpc) is 3.46. The van der Waals surface area contributed by atoms with Gasteiger partial charge in [-0.2, -0.15) is 5.26 Å². The van der Waals surface area contributed by atoms with Gasteiger partial charge in [0.25, 0.3) is 0 Å². The largest absolute Gasteiger partial charge is 0.357 e. The van der Waals surface area contributed by atoms with Crippen molar-refractivity contribution in [2.24, 2.45) is 4.99 Å². The lowest BCUT2D eigenvalue weighted by atomic mass is 9.96. The third-order valence-electron chi connectivity index (χ3n) is 4.81. The van der Waals surface area contributed by atoms with Crippen LogP contribution in [0, 0.1) is 23.0 Å². The van der Waals surface area contributed by atoms with Crippen molar-refractivity contribution >= 4 is 29.9 Å². The minimum Gasteiger partial charge on any atom is -0.357 e. The Morgan fingerprint density at radius 1 is 1.18 bits per heavy atom. The summed E-state index contributed by atoms with van der Waals surface area (Å²) in [6.45, 7) is 3.37. The number of benzene rings is 2. The van der Waals surface area contributed by atoms with Crippen molar-refractivity contribution in [2.75, 3.05) is 13.1 Å². The second-order valence-electron chi connectivity index (χ2n) is 6.76.